The normalized spacial score (nSPS) is 17.8. The van der Waals surface area contributed by atoms with Gasteiger partial charge in [-0.2, -0.15) is 0 Å². The van der Waals surface area contributed by atoms with Gasteiger partial charge in [-0.1, -0.05) is 6.07 Å². The SMILES string of the molecule is CN(Cc1ccc(F)c(F)c1)CC1(CN)COC1. The van der Waals surface area contributed by atoms with Gasteiger partial charge in [-0.3, -0.25) is 0 Å². The number of hydrogen-bond donors (Lipinski definition) is 1. The fourth-order valence-electron chi connectivity index (χ4n) is 2.24. The molecule has 0 bridgehead atoms. The maximum absolute atomic E-state index is 13.1. The molecule has 1 fully saturated rings. The second kappa shape index (κ2) is 5.30. The molecule has 3 nitrogen and oxygen atoms in total. The zero-order chi connectivity index (χ0) is 13.2. The first-order valence-electron chi connectivity index (χ1n) is 5.95. The Hall–Kier alpha value is -1.04. The summed E-state index contributed by atoms with van der Waals surface area (Å²) in [6.07, 6.45) is 0. The van der Waals surface area contributed by atoms with Gasteiger partial charge in [-0.15, -0.1) is 0 Å². The molecule has 1 saturated heterocycles. The second-order valence-corrected chi connectivity index (χ2v) is 5.12. The van der Waals surface area contributed by atoms with Crippen LogP contribution in [0.15, 0.2) is 18.2 Å². The highest BCUT2D eigenvalue weighted by Crippen LogP contribution is 2.27. The molecule has 0 aromatic heterocycles. The first-order valence-corrected chi connectivity index (χ1v) is 5.95. The topological polar surface area (TPSA) is 38.5 Å². The molecule has 0 spiro atoms. The minimum atomic E-state index is -0.813. The summed E-state index contributed by atoms with van der Waals surface area (Å²) in [6.45, 7) is 3.29. The fourth-order valence-corrected chi connectivity index (χ4v) is 2.24. The van der Waals surface area contributed by atoms with Crippen LogP contribution in [0.3, 0.4) is 0 Å². The predicted octanol–water partition coefficient (Wildman–Crippen LogP) is 1.37. The van der Waals surface area contributed by atoms with Crippen molar-refractivity contribution in [2.24, 2.45) is 11.1 Å². The van der Waals surface area contributed by atoms with Gasteiger partial charge in [-0.25, -0.2) is 8.78 Å². The van der Waals surface area contributed by atoms with Crippen molar-refractivity contribution in [3.05, 3.63) is 35.4 Å². The Kier molecular flexibility index (Phi) is 3.94. The molecule has 2 rings (SSSR count). The van der Waals surface area contributed by atoms with E-state index < -0.39 is 11.6 Å². The number of nitrogens with zero attached hydrogens (tertiary/aromatic N) is 1. The smallest absolute Gasteiger partial charge is 0.159 e. The van der Waals surface area contributed by atoms with Gasteiger partial charge in [0.1, 0.15) is 0 Å². The average Bonchev–Trinajstić information content (AvgIpc) is 2.29. The quantitative estimate of drug-likeness (QED) is 0.864. The summed E-state index contributed by atoms with van der Waals surface area (Å²) < 4.78 is 31.1. The zero-order valence-corrected chi connectivity index (χ0v) is 10.5. The summed E-state index contributed by atoms with van der Waals surface area (Å²) in [7, 11) is 1.94. The third kappa shape index (κ3) is 2.85. The van der Waals surface area contributed by atoms with Crippen molar-refractivity contribution in [3.8, 4) is 0 Å². The predicted molar refractivity (Wildman–Crippen MR) is 65.0 cm³/mol. The first-order chi connectivity index (χ1) is 8.54. The summed E-state index contributed by atoms with van der Waals surface area (Å²) in [4.78, 5) is 2.06. The number of benzene rings is 1. The Bertz CT molecular complexity index is 416. The van der Waals surface area contributed by atoms with E-state index >= 15 is 0 Å². The summed E-state index contributed by atoms with van der Waals surface area (Å²) in [5, 5.41) is 0. The molecule has 1 heterocycles. The molecule has 0 radical (unpaired) electrons. The van der Waals surface area contributed by atoms with Crippen molar-refractivity contribution in [2.75, 3.05) is 33.4 Å². The number of rotatable bonds is 5. The molecule has 1 aromatic carbocycles. The lowest BCUT2D eigenvalue weighted by Crippen LogP contribution is -2.54. The van der Waals surface area contributed by atoms with E-state index in [2.05, 4.69) is 4.90 Å². The van der Waals surface area contributed by atoms with Crippen LogP contribution < -0.4 is 5.73 Å². The molecule has 2 N–H and O–H groups in total. The summed E-state index contributed by atoms with van der Waals surface area (Å²) in [6, 6.07) is 3.99. The van der Waals surface area contributed by atoms with Crippen LogP contribution in [-0.4, -0.2) is 38.3 Å². The Balaban J connectivity index is 1.94. The summed E-state index contributed by atoms with van der Waals surface area (Å²) >= 11 is 0. The largest absolute Gasteiger partial charge is 0.380 e. The van der Waals surface area contributed by atoms with Gasteiger partial charge < -0.3 is 15.4 Å². The van der Waals surface area contributed by atoms with Crippen LogP contribution in [0, 0.1) is 17.0 Å². The van der Waals surface area contributed by atoms with Crippen LogP contribution in [0.25, 0.3) is 0 Å². The summed E-state index contributed by atoms with van der Waals surface area (Å²) in [5.74, 6) is -1.62. The Morgan fingerprint density at radius 2 is 2.06 bits per heavy atom. The van der Waals surface area contributed by atoms with E-state index in [4.69, 9.17) is 10.5 Å². The average molecular weight is 256 g/mol. The fraction of sp³-hybridized carbons (Fsp3) is 0.538. The van der Waals surface area contributed by atoms with Crippen LogP contribution in [-0.2, 0) is 11.3 Å². The molecule has 0 aliphatic carbocycles. The van der Waals surface area contributed by atoms with Crippen LogP contribution in [0.2, 0.25) is 0 Å². The first kappa shape index (κ1) is 13.4. The van der Waals surface area contributed by atoms with E-state index in [9.17, 15) is 8.78 Å². The Labute approximate surface area is 106 Å². The van der Waals surface area contributed by atoms with Gasteiger partial charge in [0.15, 0.2) is 11.6 Å². The third-order valence-electron chi connectivity index (χ3n) is 3.29. The van der Waals surface area contributed by atoms with Gasteiger partial charge in [0.25, 0.3) is 0 Å². The lowest BCUT2D eigenvalue weighted by atomic mass is 9.85. The van der Waals surface area contributed by atoms with Crippen LogP contribution in [0.4, 0.5) is 8.78 Å². The molecule has 0 saturated carbocycles. The van der Waals surface area contributed by atoms with Gasteiger partial charge in [0, 0.05) is 25.0 Å². The van der Waals surface area contributed by atoms with Crippen molar-refractivity contribution < 1.29 is 13.5 Å². The second-order valence-electron chi connectivity index (χ2n) is 5.12. The molecule has 1 aliphatic rings. The lowest BCUT2D eigenvalue weighted by Gasteiger charge is -2.43. The molecule has 100 valence electrons. The maximum atomic E-state index is 13.1. The van der Waals surface area contributed by atoms with Crippen molar-refractivity contribution in [2.45, 2.75) is 6.54 Å². The van der Waals surface area contributed by atoms with E-state index in [-0.39, 0.29) is 5.41 Å². The van der Waals surface area contributed by atoms with E-state index in [1.54, 1.807) is 6.07 Å². The van der Waals surface area contributed by atoms with Crippen LogP contribution in [0.5, 0.6) is 0 Å². The third-order valence-corrected chi connectivity index (χ3v) is 3.29. The molecule has 0 amide bonds. The van der Waals surface area contributed by atoms with Gasteiger partial charge in [0.05, 0.1) is 13.2 Å². The minimum absolute atomic E-state index is 0.0212. The standard InChI is InChI=1S/C13H18F2N2O/c1-17(7-13(6-16)8-18-9-13)5-10-2-3-11(14)12(15)4-10/h2-4H,5-9,16H2,1H3. The van der Waals surface area contributed by atoms with Crippen molar-refractivity contribution >= 4 is 0 Å². The lowest BCUT2D eigenvalue weighted by molar-refractivity contribution is -0.118. The Morgan fingerprint density at radius 3 is 2.56 bits per heavy atom. The van der Waals surface area contributed by atoms with E-state index in [1.807, 2.05) is 7.05 Å². The Morgan fingerprint density at radius 1 is 1.33 bits per heavy atom. The van der Waals surface area contributed by atoms with Crippen molar-refractivity contribution in [1.29, 1.82) is 0 Å². The molecule has 5 heteroatoms. The van der Waals surface area contributed by atoms with Crippen molar-refractivity contribution in [3.63, 3.8) is 0 Å². The van der Waals surface area contributed by atoms with Crippen LogP contribution >= 0.6 is 0 Å². The highest BCUT2D eigenvalue weighted by atomic mass is 19.2. The molecule has 18 heavy (non-hydrogen) atoms. The van der Waals surface area contributed by atoms with Gasteiger partial charge in [-0.05, 0) is 24.7 Å². The number of nitrogens with two attached hydrogens (primary N) is 1. The maximum Gasteiger partial charge on any atom is 0.159 e. The van der Waals surface area contributed by atoms with Gasteiger partial charge in [0.2, 0.25) is 0 Å². The highest BCUT2D eigenvalue weighted by Gasteiger charge is 2.38. The monoisotopic (exact) mass is 256 g/mol. The number of ether oxygens (including phenoxy) is 1. The summed E-state index contributed by atoms with van der Waals surface area (Å²) in [5.41, 5.74) is 6.51. The van der Waals surface area contributed by atoms with Crippen LogP contribution in [0.1, 0.15) is 5.56 Å². The van der Waals surface area contributed by atoms with Gasteiger partial charge >= 0.3 is 0 Å². The minimum Gasteiger partial charge on any atom is -0.380 e. The molecule has 0 unspecified atom stereocenters. The van der Waals surface area contributed by atoms with E-state index in [0.717, 1.165) is 18.2 Å². The molecular weight excluding hydrogens is 238 g/mol. The number of halogens is 2. The highest BCUT2D eigenvalue weighted by molar-refractivity contribution is 5.17. The number of hydrogen-bond acceptors (Lipinski definition) is 3. The molecule has 1 aromatic rings. The molecule has 1 aliphatic heterocycles. The molecule has 0 atom stereocenters. The van der Waals surface area contributed by atoms with E-state index in [0.29, 0.717) is 26.3 Å². The molecular formula is C13H18F2N2O. The zero-order valence-electron chi connectivity index (χ0n) is 10.5. The van der Waals surface area contributed by atoms with Crippen molar-refractivity contribution in [1.82, 2.24) is 4.90 Å². The van der Waals surface area contributed by atoms with E-state index in [1.165, 1.54) is 6.07 Å².